The van der Waals surface area contributed by atoms with Gasteiger partial charge in [-0.15, -0.1) is 0 Å². The molecule has 0 amide bonds. The van der Waals surface area contributed by atoms with Crippen LogP contribution >= 0.6 is 0 Å². The number of methoxy groups -OCH3 is 1. The van der Waals surface area contributed by atoms with Crippen molar-refractivity contribution < 1.29 is 43.2 Å². The molecule has 1 aliphatic heterocycles. The van der Waals surface area contributed by atoms with E-state index in [1.54, 1.807) is 19.3 Å². The molecule has 0 aromatic carbocycles. The molecule has 1 spiro atoms. The average molecular weight is 563 g/mol. The van der Waals surface area contributed by atoms with E-state index >= 15 is 0 Å². The Bertz CT molecular complexity index is 1030. The fourth-order valence-corrected chi connectivity index (χ4v) is 6.78. The second kappa shape index (κ2) is 13.0. The van der Waals surface area contributed by atoms with Crippen LogP contribution in [0.25, 0.3) is 0 Å². The van der Waals surface area contributed by atoms with Crippen molar-refractivity contribution in [2.24, 2.45) is 22.7 Å². The number of carbonyl (C=O) groups is 3. The van der Waals surface area contributed by atoms with Crippen LogP contribution in [-0.4, -0.2) is 61.0 Å². The molecule has 1 saturated heterocycles. The van der Waals surface area contributed by atoms with E-state index in [4.69, 9.17) is 23.7 Å². The van der Waals surface area contributed by atoms with Gasteiger partial charge in [0, 0.05) is 38.4 Å². The molecule has 2 aliphatic carbocycles. The lowest BCUT2D eigenvalue weighted by atomic mass is 9.44. The van der Waals surface area contributed by atoms with E-state index < -0.39 is 53.5 Å². The Morgan fingerprint density at radius 2 is 1.75 bits per heavy atom. The molecule has 9 heteroatoms. The maximum absolute atomic E-state index is 12.8. The number of allylic oxidation sites excluding steroid dienone is 3. The Morgan fingerprint density at radius 3 is 2.30 bits per heavy atom. The van der Waals surface area contributed by atoms with E-state index in [9.17, 15) is 19.5 Å². The number of hydrogen-bond acceptors (Lipinski definition) is 9. The van der Waals surface area contributed by atoms with Crippen LogP contribution in [-0.2, 0) is 38.1 Å². The number of ether oxygens (including phenoxy) is 5. The number of carbonyl (C=O) groups excluding carboxylic acids is 3. The molecule has 224 valence electrons. The summed E-state index contributed by atoms with van der Waals surface area (Å²) in [7, 11) is 1.60. The third-order valence-electron chi connectivity index (χ3n) is 9.11. The molecule has 2 fully saturated rings. The summed E-state index contributed by atoms with van der Waals surface area (Å²) in [5.74, 6) is -2.17. The lowest BCUT2D eigenvalue weighted by Gasteiger charge is -2.62. The lowest BCUT2D eigenvalue weighted by molar-refractivity contribution is -0.276. The first kappa shape index (κ1) is 32.0. The van der Waals surface area contributed by atoms with Gasteiger partial charge in [-0.05, 0) is 50.0 Å². The minimum Gasteiger partial charge on any atom is -0.459 e. The molecule has 9 nitrogen and oxygen atoms in total. The van der Waals surface area contributed by atoms with E-state index in [0.29, 0.717) is 31.3 Å². The minimum atomic E-state index is -1.35. The third-order valence-corrected chi connectivity index (χ3v) is 9.11. The van der Waals surface area contributed by atoms with Crippen molar-refractivity contribution in [3.8, 4) is 0 Å². The van der Waals surface area contributed by atoms with Crippen LogP contribution in [0, 0.1) is 22.7 Å². The molecule has 0 radical (unpaired) electrons. The van der Waals surface area contributed by atoms with E-state index in [1.165, 1.54) is 6.92 Å². The van der Waals surface area contributed by atoms with Crippen molar-refractivity contribution in [2.45, 2.75) is 111 Å². The van der Waals surface area contributed by atoms with Gasteiger partial charge in [-0.25, -0.2) is 0 Å². The molecule has 0 bridgehead atoms. The fourth-order valence-electron chi connectivity index (χ4n) is 6.78. The van der Waals surface area contributed by atoms with Crippen LogP contribution in [0.5, 0.6) is 0 Å². The van der Waals surface area contributed by atoms with Crippen LogP contribution in [0.1, 0.15) is 80.1 Å². The molecule has 9 atom stereocenters. The van der Waals surface area contributed by atoms with Crippen LogP contribution < -0.4 is 0 Å². The summed E-state index contributed by atoms with van der Waals surface area (Å²) in [5, 5.41) is 12.3. The Balaban J connectivity index is 2.28. The Labute approximate surface area is 237 Å². The van der Waals surface area contributed by atoms with Crippen molar-refractivity contribution in [1.29, 1.82) is 0 Å². The Kier molecular flexibility index (Phi) is 10.4. The minimum absolute atomic E-state index is 0.176. The highest BCUT2D eigenvalue weighted by Crippen LogP contribution is 2.67. The molecule has 1 heterocycles. The van der Waals surface area contributed by atoms with Crippen molar-refractivity contribution in [2.75, 3.05) is 7.11 Å². The van der Waals surface area contributed by atoms with Gasteiger partial charge in [0.15, 0.2) is 0 Å². The van der Waals surface area contributed by atoms with Gasteiger partial charge in [-0.3, -0.25) is 19.1 Å². The quantitative estimate of drug-likeness (QED) is 0.164. The molecule has 1 saturated carbocycles. The first-order chi connectivity index (χ1) is 18.9. The van der Waals surface area contributed by atoms with E-state index in [1.807, 2.05) is 27.7 Å². The maximum atomic E-state index is 12.8. The largest absolute Gasteiger partial charge is 0.459 e. The van der Waals surface area contributed by atoms with Crippen LogP contribution in [0.2, 0.25) is 0 Å². The van der Waals surface area contributed by atoms with E-state index in [2.05, 4.69) is 19.6 Å². The topological polar surface area (TPSA) is 118 Å². The molecule has 0 unspecified atom stereocenters. The van der Waals surface area contributed by atoms with Gasteiger partial charge in [-0.2, -0.15) is 0 Å². The lowest BCUT2D eigenvalue weighted by Crippen LogP contribution is -2.68. The summed E-state index contributed by atoms with van der Waals surface area (Å²) < 4.78 is 29.5. The average Bonchev–Trinajstić information content (AvgIpc) is 3.20. The van der Waals surface area contributed by atoms with Crippen LogP contribution in [0.3, 0.4) is 0 Å². The summed E-state index contributed by atoms with van der Waals surface area (Å²) in [4.78, 5) is 37.9. The molecular weight excluding hydrogens is 516 g/mol. The number of aliphatic hydroxyl groups is 1. The Morgan fingerprint density at radius 1 is 1.12 bits per heavy atom. The zero-order chi connectivity index (χ0) is 29.8. The molecule has 1 N–H and O–H groups in total. The standard InChI is InChI=1S/C31H46O9/c1-9-12-24(33)38-26-19(5)30(7,15-14-18(4)11-3)23-17-21(36-8)16-22-28(39-25(34)13-10-2)40-29(37-20(6)32)31(22,23)27(26)35/h11,14,16,19,21,23,26-29,35H,3,9-10,12-13,15,17H2,1-2,4-8H3/b18-14-/t19-,21+,23+,26-,27+,28+,29-,30-,31-/m1/s1. The Hall–Kier alpha value is -2.49. The predicted octanol–water partition coefficient (Wildman–Crippen LogP) is 4.77. The number of aliphatic hydroxyl groups excluding tert-OH is 1. The highest BCUT2D eigenvalue weighted by molar-refractivity contribution is 5.70. The maximum Gasteiger partial charge on any atom is 0.308 e. The second-order valence-electron chi connectivity index (χ2n) is 11.6. The first-order valence-corrected chi connectivity index (χ1v) is 14.3. The van der Waals surface area contributed by atoms with Crippen molar-refractivity contribution in [3.05, 3.63) is 36.0 Å². The summed E-state index contributed by atoms with van der Waals surface area (Å²) in [6.45, 7) is 14.9. The fraction of sp³-hybridized carbons (Fsp3) is 0.710. The molecule has 3 aliphatic rings. The number of esters is 3. The van der Waals surface area contributed by atoms with Crippen molar-refractivity contribution >= 4 is 17.9 Å². The smallest absolute Gasteiger partial charge is 0.308 e. The summed E-state index contributed by atoms with van der Waals surface area (Å²) >= 11 is 0. The monoisotopic (exact) mass is 562 g/mol. The highest BCUT2D eigenvalue weighted by Gasteiger charge is 2.74. The zero-order valence-electron chi connectivity index (χ0n) is 24.9. The molecule has 40 heavy (non-hydrogen) atoms. The summed E-state index contributed by atoms with van der Waals surface area (Å²) in [5.41, 5.74) is -0.501. The van der Waals surface area contributed by atoms with Crippen LogP contribution in [0.4, 0.5) is 0 Å². The van der Waals surface area contributed by atoms with Gasteiger partial charge in [0.25, 0.3) is 0 Å². The second-order valence-corrected chi connectivity index (χ2v) is 11.6. The summed E-state index contributed by atoms with van der Waals surface area (Å²) in [6, 6.07) is 0. The van der Waals surface area contributed by atoms with Gasteiger partial charge >= 0.3 is 17.9 Å². The van der Waals surface area contributed by atoms with Crippen molar-refractivity contribution in [3.63, 3.8) is 0 Å². The van der Waals surface area contributed by atoms with Crippen molar-refractivity contribution in [1.82, 2.24) is 0 Å². The van der Waals surface area contributed by atoms with Gasteiger partial charge < -0.3 is 24.1 Å². The van der Waals surface area contributed by atoms with Gasteiger partial charge in [-0.1, -0.05) is 52.0 Å². The summed E-state index contributed by atoms with van der Waals surface area (Å²) in [6.07, 6.45) is 3.14. The molecular formula is C31H46O9. The van der Waals surface area contributed by atoms with E-state index in [0.717, 1.165) is 5.57 Å². The number of hydrogen-bond donors (Lipinski definition) is 1. The van der Waals surface area contributed by atoms with Gasteiger partial charge in [0.1, 0.15) is 12.2 Å². The molecule has 0 aromatic heterocycles. The first-order valence-electron chi connectivity index (χ1n) is 14.3. The van der Waals surface area contributed by atoms with E-state index in [-0.39, 0.29) is 30.8 Å². The molecule has 0 aromatic rings. The van der Waals surface area contributed by atoms with Gasteiger partial charge in [0.2, 0.25) is 12.6 Å². The zero-order valence-corrected chi connectivity index (χ0v) is 24.9. The van der Waals surface area contributed by atoms with Crippen LogP contribution in [0.15, 0.2) is 36.0 Å². The normalized spacial score (nSPS) is 37.0. The predicted molar refractivity (Wildman–Crippen MR) is 147 cm³/mol. The number of rotatable bonds is 11. The van der Waals surface area contributed by atoms with Gasteiger partial charge in [0.05, 0.1) is 11.5 Å². The SMILES string of the molecule is C=C/C(C)=C\C[C@]1(C)[C@H](C)[C@@H](OC(=O)CCC)[C@H](O)[C@@]23C(=C[C@H](OC)C[C@@H]12)[C@@H](OC(=O)CCC)O[C@H]3OC(C)=O. The molecule has 3 rings (SSSR count). The highest BCUT2D eigenvalue weighted by atomic mass is 16.8. The third kappa shape index (κ3) is 5.78.